The maximum absolute atomic E-state index is 2.31. The lowest BCUT2D eigenvalue weighted by Crippen LogP contribution is -2.09. The lowest BCUT2D eigenvalue weighted by molar-refractivity contribution is 1.13. The third-order valence-electron chi connectivity index (χ3n) is 5.03. The van der Waals surface area contributed by atoms with Crippen LogP contribution in [0, 0.1) is 0 Å². The summed E-state index contributed by atoms with van der Waals surface area (Å²) < 4.78 is 0. The Morgan fingerprint density at radius 1 is 0.783 bits per heavy atom. The molecule has 1 aliphatic rings. The molecule has 0 saturated heterocycles. The quantitative estimate of drug-likeness (QED) is 0.679. The Bertz CT molecular complexity index is 792. The standard InChI is InChI=1S/C22H25N/c1-15-13-21(17(3)16(15)2)20-12-11-19(23(4)5)14-22(20)18-9-7-6-8-10-18/h6-12,14H,13H2,1-5H3. The lowest BCUT2D eigenvalue weighted by Gasteiger charge is -2.18. The molecule has 3 rings (SSSR count). The fraction of sp³-hybridized carbons (Fsp3) is 0.273. The Balaban J connectivity index is 2.19. The van der Waals surface area contributed by atoms with Crippen molar-refractivity contribution >= 4 is 11.3 Å². The Morgan fingerprint density at radius 2 is 1.48 bits per heavy atom. The first-order valence-corrected chi connectivity index (χ1v) is 8.22. The molecule has 0 aliphatic heterocycles. The van der Waals surface area contributed by atoms with Crippen molar-refractivity contribution in [3.05, 3.63) is 70.8 Å². The van der Waals surface area contributed by atoms with Crippen molar-refractivity contribution in [1.29, 1.82) is 0 Å². The SMILES string of the molecule is CC1=C(C)C(C)=C(c2ccc(N(C)C)cc2-c2ccccc2)C1. The van der Waals surface area contributed by atoms with Gasteiger partial charge >= 0.3 is 0 Å². The number of nitrogens with zero attached hydrogens (tertiary/aromatic N) is 1. The summed E-state index contributed by atoms with van der Waals surface area (Å²) in [7, 11) is 4.19. The van der Waals surface area contributed by atoms with Crippen LogP contribution in [-0.4, -0.2) is 14.1 Å². The third-order valence-corrected chi connectivity index (χ3v) is 5.03. The Labute approximate surface area is 140 Å². The van der Waals surface area contributed by atoms with E-state index in [9.17, 15) is 0 Å². The summed E-state index contributed by atoms with van der Waals surface area (Å²) in [6.07, 6.45) is 1.07. The van der Waals surface area contributed by atoms with Gasteiger partial charge in [-0.15, -0.1) is 0 Å². The van der Waals surface area contributed by atoms with E-state index in [2.05, 4.69) is 88.3 Å². The van der Waals surface area contributed by atoms with Gasteiger partial charge in [0.25, 0.3) is 0 Å². The van der Waals surface area contributed by atoms with E-state index < -0.39 is 0 Å². The van der Waals surface area contributed by atoms with Gasteiger partial charge in [-0.05, 0) is 72.7 Å². The number of anilines is 1. The first-order chi connectivity index (χ1) is 11.0. The minimum Gasteiger partial charge on any atom is -0.378 e. The molecule has 23 heavy (non-hydrogen) atoms. The van der Waals surface area contributed by atoms with Crippen LogP contribution in [0.15, 0.2) is 65.3 Å². The summed E-state index contributed by atoms with van der Waals surface area (Å²) in [6, 6.07) is 17.6. The van der Waals surface area contributed by atoms with Crippen LogP contribution in [0.3, 0.4) is 0 Å². The van der Waals surface area contributed by atoms with Gasteiger partial charge in [-0.1, -0.05) is 42.0 Å². The van der Waals surface area contributed by atoms with E-state index in [1.54, 1.807) is 0 Å². The third kappa shape index (κ3) is 2.84. The molecule has 0 spiro atoms. The van der Waals surface area contributed by atoms with Crippen LogP contribution in [0.1, 0.15) is 32.8 Å². The molecule has 0 unspecified atom stereocenters. The van der Waals surface area contributed by atoms with E-state index in [-0.39, 0.29) is 0 Å². The molecule has 2 aromatic carbocycles. The molecular weight excluding hydrogens is 278 g/mol. The van der Waals surface area contributed by atoms with Crippen molar-refractivity contribution in [1.82, 2.24) is 0 Å². The average molecular weight is 303 g/mol. The molecule has 0 saturated carbocycles. The van der Waals surface area contributed by atoms with Crippen LogP contribution in [-0.2, 0) is 0 Å². The molecule has 1 aliphatic carbocycles. The molecule has 0 atom stereocenters. The normalized spacial score (nSPS) is 14.7. The van der Waals surface area contributed by atoms with Gasteiger partial charge in [0, 0.05) is 19.8 Å². The molecule has 0 aromatic heterocycles. The summed E-state index contributed by atoms with van der Waals surface area (Å²) in [5.41, 5.74) is 11.1. The first-order valence-electron chi connectivity index (χ1n) is 8.22. The van der Waals surface area contributed by atoms with Crippen molar-refractivity contribution in [2.24, 2.45) is 0 Å². The predicted molar refractivity (Wildman–Crippen MR) is 102 cm³/mol. The number of hydrogen-bond acceptors (Lipinski definition) is 1. The zero-order valence-electron chi connectivity index (χ0n) is 14.8. The number of hydrogen-bond donors (Lipinski definition) is 0. The van der Waals surface area contributed by atoms with Crippen molar-refractivity contribution in [2.75, 3.05) is 19.0 Å². The van der Waals surface area contributed by atoms with Gasteiger partial charge in [-0.2, -0.15) is 0 Å². The second-order valence-corrected chi connectivity index (χ2v) is 6.68. The molecule has 0 radical (unpaired) electrons. The number of allylic oxidation sites excluding steroid dienone is 4. The molecule has 0 fully saturated rings. The lowest BCUT2D eigenvalue weighted by atomic mass is 9.91. The van der Waals surface area contributed by atoms with Crippen LogP contribution < -0.4 is 4.90 Å². The van der Waals surface area contributed by atoms with Crippen LogP contribution in [0.4, 0.5) is 5.69 Å². The highest BCUT2D eigenvalue weighted by molar-refractivity contribution is 5.88. The van der Waals surface area contributed by atoms with Gasteiger partial charge < -0.3 is 4.90 Å². The van der Waals surface area contributed by atoms with Crippen molar-refractivity contribution in [3.63, 3.8) is 0 Å². The van der Waals surface area contributed by atoms with E-state index in [4.69, 9.17) is 0 Å². The Morgan fingerprint density at radius 3 is 2.04 bits per heavy atom. The van der Waals surface area contributed by atoms with Crippen molar-refractivity contribution in [2.45, 2.75) is 27.2 Å². The first kappa shape index (κ1) is 15.6. The van der Waals surface area contributed by atoms with E-state index >= 15 is 0 Å². The Hall–Kier alpha value is -2.28. The molecule has 0 bridgehead atoms. The molecule has 118 valence electrons. The van der Waals surface area contributed by atoms with Gasteiger partial charge in [0.15, 0.2) is 0 Å². The van der Waals surface area contributed by atoms with Crippen LogP contribution in [0.2, 0.25) is 0 Å². The fourth-order valence-corrected chi connectivity index (χ4v) is 3.30. The summed E-state index contributed by atoms with van der Waals surface area (Å²) >= 11 is 0. The maximum Gasteiger partial charge on any atom is 0.0367 e. The predicted octanol–water partition coefficient (Wildman–Crippen LogP) is 5.93. The zero-order chi connectivity index (χ0) is 16.6. The minimum absolute atomic E-state index is 1.07. The van der Waals surface area contributed by atoms with Crippen LogP contribution in [0.25, 0.3) is 16.7 Å². The molecule has 1 nitrogen and oxygen atoms in total. The Kier molecular flexibility index (Phi) is 4.12. The summed E-state index contributed by atoms with van der Waals surface area (Å²) in [6.45, 7) is 6.76. The topological polar surface area (TPSA) is 3.24 Å². The number of rotatable bonds is 3. The van der Waals surface area contributed by atoms with Crippen molar-refractivity contribution < 1.29 is 0 Å². The molecule has 0 amide bonds. The van der Waals surface area contributed by atoms with Gasteiger partial charge in [0.05, 0.1) is 0 Å². The van der Waals surface area contributed by atoms with Crippen molar-refractivity contribution in [3.8, 4) is 11.1 Å². The van der Waals surface area contributed by atoms with Crippen LogP contribution in [0.5, 0.6) is 0 Å². The molecule has 0 heterocycles. The van der Waals surface area contributed by atoms with Gasteiger partial charge in [-0.25, -0.2) is 0 Å². The molecular formula is C22H25N. The summed E-state index contributed by atoms with van der Waals surface area (Å²) in [5.74, 6) is 0. The average Bonchev–Trinajstić information content (AvgIpc) is 2.82. The maximum atomic E-state index is 2.31. The largest absolute Gasteiger partial charge is 0.378 e. The monoisotopic (exact) mass is 303 g/mol. The van der Waals surface area contributed by atoms with Gasteiger partial charge in [0.1, 0.15) is 0 Å². The van der Waals surface area contributed by atoms with E-state index in [1.807, 2.05) is 0 Å². The molecule has 2 aromatic rings. The highest BCUT2D eigenvalue weighted by atomic mass is 15.1. The highest BCUT2D eigenvalue weighted by Gasteiger charge is 2.20. The number of benzene rings is 2. The fourth-order valence-electron chi connectivity index (χ4n) is 3.30. The zero-order valence-corrected chi connectivity index (χ0v) is 14.8. The van der Waals surface area contributed by atoms with Gasteiger partial charge in [-0.3, -0.25) is 0 Å². The van der Waals surface area contributed by atoms with E-state index in [1.165, 1.54) is 44.7 Å². The second kappa shape index (κ2) is 6.08. The van der Waals surface area contributed by atoms with Crippen LogP contribution >= 0.6 is 0 Å². The summed E-state index contributed by atoms with van der Waals surface area (Å²) in [4.78, 5) is 2.17. The highest BCUT2D eigenvalue weighted by Crippen LogP contribution is 2.42. The molecule has 1 heteroatoms. The second-order valence-electron chi connectivity index (χ2n) is 6.68. The van der Waals surface area contributed by atoms with E-state index in [0.717, 1.165) is 6.42 Å². The van der Waals surface area contributed by atoms with E-state index in [0.29, 0.717) is 0 Å². The smallest absolute Gasteiger partial charge is 0.0367 e. The summed E-state index contributed by atoms with van der Waals surface area (Å²) in [5, 5.41) is 0. The molecule has 0 N–H and O–H groups in total. The van der Waals surface area contributed by atoms with Gasteiger partial charge in [0.2, 0.25) is 0 Å². The minimum atomic E-state index is 1.07.